The topological polar surface area (TPSA) is 64.6 Å². The number of carbonyl (C=O) groups is 2. The lowest BCUT2D eigenvalue weighted by Crippen LogP contribution is -2.35. The molecule has 1 N–H and O–H groups in total. The van der Waals surface area contributed by atoms with Gasteiger partial charge in [0.1, 0.15) is 5.60 Å². The van der Waals surface area contributed by atoms with E-state index in [2.05, 4.69) is 5.32 Å². The van der Waals surface area contributed by atoms with Gasteiger partial charge in [0.2, 0.25) is 0 Å². The molecule has 0 aromatic carbocycles. The molecule has 0 saturated heterocycles. The van der Waals surface area contributed by atoms with Gasteiger partial charge in [-0.3, -0.25) is 4.79 Å². The van der Waals surface area contributed by atoms with Gasteiger partial charge in [0.15, 0.2) is 0 Å². The maximum absolute atomic E-state index is 11.7. The molecule has 0 aromatic heterocycles. The summed E-state index contributed by atoms with van der Waals surface area (Å²) in [6.45, 7) is 5.54. The van der Waals surface area contributed by atoms with E-state index < -0.39 is 5.60 Å². The van der Waals surface area contributed by atoms with Crippen molar-refractivity contribution in [3.63, 3.8) is 0 Å². The Bertz CT molecular complexity index is 374. The minimum atomic E-state index is -0.473. The maximum Gasteiger partial charge on any atom is 0.407 e. The number of ether oxygens (including phenoxy) is 2. The van der Waals surface area contributed by atoms with Crippen LogP contribution in [0.15, 0.2) is 0 Å². The van der Waals surface area contributed by atoms with Crippen molar-refractivity contribution in [1.82, 2.24) is 5.32 Å². The fourth-order valence-corrected chi connectivity index (χ4v) is 3.20. The molecule has 108 valence electrons. The number of carbonyl (C=O) groups excluding carboxylic acids is 2. The van der Waals surface area contributed by atoms with Crippen molar-refractivity contribution in [2.75, 3.05) is 7.11 Å². The highest BCUT2D eigenvalue weighted by Gasteiger charge is 2.59. The van der Waals surface area contributed by atoms with Gasteiger partial charge in [-0.15, -0.1) is 0 Å². The van der Waals surface area contributed by atoms with Crippen LogP contribution < -0.4 is 5.32 Å². The van der Waals surface area contributed by atoms with E-state index in [1.807, 2.05) is 20.8 Å². The SMILES string of the molecule is COC(=O)CC1CC[C@@H]2[C@@H](NC(=O)OC(C)(C)C)[C@@H]12. The average molecular weight is 269 g/mol. The second-order valence-corrected chi connectivity index (χ2v) is 6.53. The van der Waals surface area contributed by atoms with E-state index in [9.17, 15) is 9.59 Å². The predicted molar refractivity (Wildman–Crippen MR) is 69.5 cm³/mol. The third-order valence-electron chi connectivity index (χ3n) is 3.98. The Morgan fingerprint density at radius 2 is 1.95 bits per heavy atom. The van der Waals surface area contributed by atoms with Crippen molar-refractivity contribution in [2.45, 2.75) is 51.7 Å². The lowest BCUT2D eigenvalue weighted by atomic mass is 9.98. The van der Waals surface area contributed by atoms with Crippen LogP contribution in [-0.4, -0.2) is 30.8 Å². The van der Waals surface area contributed by atoms with Gasteiger partial charge in [0, 0.05) is 12.5 Å². The van der Waals surface area contributed by atoms with Gasteiger partial charge in [0.25, 0.3) is 0 Å². The van der Waals surface area contributed by atoms with Crippen LogP contribution in [0.2, 0.25) is 0 Å². The molecule has 4 atom stereocenters. The molecule has 0 spiro atoms. The first-order valence-corrected chi connectivity index (χ1v) is 6.88. The van der Waals surface area contributed by atoms with Gasteiger partial charge < -0.3 is 14.8 Å². The minimum Gasteiger partial charge on any atom is -0.469 e. The largest absolute Gasteiger partial charge is 0.469 e. The molecular weight excluding hydrogens is 246 g/mol. The Hall–Kier alpha value is -1.26. The molecule has 5 heteroatoms. The molecule has 0 aliphatic heterocycles. The first kappa shape index (κ1) is 14.2. The first-order chi connectivity index (χ1) is 8.81. The molecular formula is C14H23NO4. The predicted octanol–water partition coefficient (Wildman–Crippen LogP) is 2.10. The summed E-state index contributed by atoms with van der Waals surface area (Å²) in [6, 6.07) is 0.179. The Labute approximate surface area is 114 Å². The number of hydrogen-bond donors (Lipinski definition) is 1. The van der Waals surface area contributed by atoms with Crippen LogP contribution in [-0.2, 0) is 14.3 Å². The summed E-state index contributed by atoms with van der Waals surface area (Å²) in [4.78, 5) is 23.0. The number of hydrogen-bond acceptors (Lipinski definition) is 4. The van der Waals surface area contributed by atoms with Crippen LogP contribution in [0.25, 0.3) is 0 Å². The van der Waals surface area contributed by atoms with E-state index in [1.165, 1.54) is 7.11 Å². The number of nitrogens with one attached hydrogen (secondary N) is 1. The molecule has 1 unspecified atom stereocenters. The number of esters is 1. The van der Waals surface area contributed by atoms with Gasteiger partial charge in [-0.25, -0.2) is 4.79 Å². The number of methoxy groups -OCH3 is 1. The Morgan fingerprint density at radius 1 is 1.26 bits per heavy atom. The quantitative estimate of drug-likeness (QED) is 0.797. The van der Waals surface area contributed by atoms with Crippen molar-refractivity contribution in [3.8, 4) is 0 Å². The van der Waals surface area contributed by atoms with Gasteiger partial charge >= 0.3 is 12.1 Å². The smallest absolute Gasteiger partial charge is 0.407 e. The fourth-order valence-electron chi connectivity index (χ4n) is 3.20. The lowest BCUT2D eigenvalue weighted by Gasteiger charge is -2.20. The zero-order valence-corrected chi connectivity index (χ0v) is 12.1. The zero-order valence-electron chi connectivity index (χ0n) is 12.1. The van der Waals surface area contributed by atoms with Crippen LogP contribution >= 0.6 is 0 Å². The lowest BCUT2D eigenvalue weighted by molar-refractivity contribution is -0.141. The summed E-state index contributed by atoms with van der Waals surface area (Å²) in [7, 11) is 1.41. The highest BCUT2D eigenvalue weighted by Crippen LogP contribution is 2.56. The molecule has 1 amide bonds. The molecule has 2 aliphatic carbocycles. The van der Waals surface area contributed by atoms with E-state index in [0.29, 0.717) is 24.2 Å². The molecule has 0 heterocycles. The van der Waals surface area contributed by atoms with Crippen molar-refractivity contribution >= 4 is 12.1 Å². The van der Waals surface area contributed by atoms with Crippen molar-refractivity contribution in [1.29, 1.82) is 0 Å². The monoisotopic (exact) mass is 269 g/mol. The number of fused-ring (bicyclic) bond motifs is 1. The third-order valence-corrected chi connectivity index (χ3v) is 3.98. The van der Waals surface area contributed by atoms with E-state index in [4.69, 9.17) is 9.47 Å². The molecule has 2 rings (SSSR count). The molecule has 0 radical (unpaired) electrons. The van der Waals surface area contributed by atoms with Crippen LogP contribution in [0.4, 0.5) is 4.79 Å². The summed E-state index contributed by atoms with van der Waals surface area (Å²) >= 11 is 0. The molecule has 2 aliphatic rings. The van der Waals surface area contributed by atoms with Crippen LogP contribution in [0, 0.1) is 17.8 Å². The fraction of sp³-hybridized carbons (Fsp3) is 0.857. The summed E-state index contributed by atoms with van der Waals surface area (Å²) in [6.07, 6.45) is 2.23. The second-order valence-electron chi connectivity index (χ2n) is 6.53. The molecule has 5 nitrogen and oxygen atoms in total. The van der Waals surface area contributed by atoms with Gasteiger partial charge in [-0.05, 0) is 51.4 Å². The van der Waals surface area contributed by atoms with Crippen LogP contribution in [0.5, 0.6) is 0 Å². The Kier molecular flexibility index (Phi) is 3.74. The number of amides is 1. The van der Waals surface area contributed by atoms with Gasteiger partial charge in [-0.2, -0.15) is 0 Å². The normalized spacial score (nSPS) is 32.4. The number of rotatable bonds is 3. The van der Waals surface area contributed by atoms with Crippen molar-refractivity contribution < 1.29 is 19.1 Å². The molecule has 2 fully saturated rings. The maximum atomic E-state index is 11.7. The second kappa shape index (κ2) is 5.02. The highest BCUT2D eigenvalue weighted by atomic mass is 16.6. The van der Waals surface area contributed by atoms with Crippen molar-refractivity contribution in [3.05, 3.63) is 0 Å². The Balaban J connectivity index is 1.80. The molecule has 2 saturated carbocycles. The Morgan fingerprint density at radius 3 is 2.53 bits per heavy atom. The van der Waals surface area contributed by atoms with E-state index in [-0.39, 0.29) is 18.1 Å². The van der Waals surface area contributed by atoms with E-state index in [0.717, 1.165) is 12.8 Å². The van der Waals surface area contributed by atoms with E-state index >= 15 is 0 Å². The zero-order chi connectivity index (χ0) is 14.2. The van der Waals surface area contributed by atoms with Crippen LogP contribution in [0.3, 0.4) is 0 Å². The standard InChI is InChI=1S/C14H23NO4/c1-14(2,3)19-13(17)15-12-9-6-5-8(11(9)12)7-10(16)18-4/h8-9,11-12H,5-7H2,1-4H3,(H,15,17)/t8?,9-,11-,12+/m0/s1. The first-order valence-electron chi connectivity index (χ1n) is 6.88. The van der Waals surface area contributed by atoms with Gasteiger partial charge in [-0.1, -0.05) is 0 Å². The number of alkyl carbamates (subject to hydrolysis) is 1. The minimum absolute atomic E-state index is 0.159. The summed E-state index contributed by atoms with van der Waals surface area (Å²) < 4.78 is 9.96. The third kappa shape index (κ3) is 3.39. The van der Waals surface area contributed by atoms with E-state index in [1.54, 1.807) is 0 Å². The molecule has 19 heavy (non-hydrogen) atoms. The summed E-state index contributed by atoms with van der Waals surface area (Å²) in [5.74, 6) is 1.12. The van der Waals surface area contributed by atoms with Crippen molar-refractivity contribution in [2.24, 2.45) is 17.8 Å². The molecule has 0 bridgehead atoms. The molecule has 0 aromatic rings. The van der Waals surface area contributed by atoms with Gasteiger partial charge in [0.05, 0.1) is 7.11 Å². The summed E-state index contributed by atoms with van der Waals surface area (Å²) in [5, 5.41) is 2.92. The van der Waals surface area contributed by atoms with Crippen LogP contribution in [0.1, 0.15) is 40.0 Å². The highest BCUT2D eigenvalue weighted by molar-refractivity contribution is 5.70. The summed E-state index contributed by atoms with van der Waals surface area (Å²) in [5.41, 5.74) is -0.473. The average Bonchev–Trinajstić information content (AvgIpc) is 2.77.